The Hall–Kier alpha value is -2.30. The number of hydrogen-bond acceptors (Lipinski definition) is 2. The summed E-state index contributed by atoms with van der Waals surface area (Å²) in [5, 5.41) is 0. The summed E-state index contributed by atoms with van der Waals surface area (Å²) in [4.78, 5) is 12.1. The molecule has 0 aliphatic heterocycles. The van der Waals surface area contributed by atoms with Gasteiger partial charge in [-0.05, 0) is 36.4 Å². The van der Waals surface area contributed by atoms with Gasteiger partial charge in [0, 0.05) is 5.56 Å². The van der Waals surface area contributed by atoms with Crippen molar-refractivity contribution in [2.24, 2.45) is 0 Å². The highest BCUT2D eigenvalue weighted by Crippen LogP contribution is 2.23. The fourth-order valence-corrected chi connectivity index (χ4v) is 1.61. The Kier molecular flexibility index (Phi) is 3.85. The van der Waals surface area contributed by atoms with Crippen molar-refractivity contribution < 1.29 is 22.7 Å². The van der Waals surface area contributed by atoms with Gasteiger partial charge in [0.15, 0.2) is 5.78 Å². The van der Waals surface area contributed by atoms with Crippen molar-refractivity contribution in [2.75, 3.05) is 0 Å². The van der Waals surface area contributed by atoms with Crippen molar-refractivity contribution in [1.82, 2.24) is 0 Å². The van der Waals surface area contributed by atoms with Crippen LogP contribution < -0.4 is 4.74 Å². The number of hydrogen-bond donors (Lipinski definition) is 0. The molecule has 0 saturated carbocycles. The van der Waals surface area contributed by atoms with E-state index < -0.39 is 18.2 Å². The van der Waals surface area contributed by atoms with Crippen molar-refractivity contribution >= 4 is 5.78 Å². The average Bonchev–Trinajstić information content (AvgIpc) is 2.39. The summed E-state index contributed by atoms with van der Waals surface area (Å²) in [6.45, 7) is -3.01. The molecular weight excluding hydrogens is 257 g/mol. The van der Waals surface area contributed by atoms with Crippen molar-refractivity contribution in [3.05, 3.63) is 65.5 Å². The maximum atomic E-state index is 12.8. The SMILES string of the molecule is O=C(c1ccc(F)cc1)c1ccccc1OC(F)F. The molecule has 0 unspecified atom stereocenters. The number of halogens is 3. The minimum atomic E-state index is -3.01. The summed E-state index contributed by atoms with van der Waals surface area (Å²) >= 11 is 0. The van der Waals surface area contributed by atoms with Crippen LogP contribution in [0.5, 0.6) is 5.75 Å². The zero-order valence-corrected chi connectivity index (χ0v) is 9.65. The van der Waals surface area contributed by atoms with Gasteiger partial charge in [-0.25, -0.2) is 4.39 Å². The van der Waals surface area contributed by atoms with Crippen LogP contribution in [0.25, 0.3) is 0 Å². The number of ketones is 1. The smallest absolute Gasteiger partial charge is 0.387 e. The van der Waals surface area contributed by atoms with Crippen LogP contribution in [0, 0.1) is 5.82 Å². The largest absolute Gasteiger partial charge is 0.434 e. The van der Waals surface area contributed by atoms with E-state index in [1.165, 1.54) is 36.4 Å². The molecule has 0 heterocycles. The Morgan fingerprint density at radius 2 is 1.63 bits per heavy atom. The van der Waals surface area contributed by atoms with E-state index >= 15 is 0 Å². The van der Waals surface area contributed by atoms with Gasteiger partial charge in [-0.15, -0.1) is 0 Å². The molecule has 0 atom stereocenters. The molecule has 0 aromatic heterocycles. The first kappa shape index (κ1) is 13.1. The molecule has 0 aliphatic carbocycles. The maximum absolute atomic E-state index is 12.8. The van der Waals surface area contributed by atoms with Gasteiger partial charge in [-0.1, -0.05) is 12.1 Å². The molecule has 0 radical (unpaired) electrons. The van der Waals surface area contributed by atoms with Crippen LogP contribution in [0.3, 0.4) is 0 Å². The standard InChI is InChI=1S/C14H9F3O2/c15-10-7-5-9(6-8-10)13(18)11-3-1-2-4-12(11)19-14(16)17/h1-8,14H. The van der Waals surface area contributed by atoms with Crippen molar-refractivity contribution in [3.63, 3.8) is 0 Å². The zero-order valence-electron chi connectivity index (χ0n) is 9.65. The van der Waals surface area contributed by atoms with Gasteiger partial charge in [-0.2, -0.15) is 8.78 Å². The zero-order chi connectivity index (χ0) is 13.8. The van der Waals surface area contributed by atoms with Gasteiger partial charge >= 0.3 is 6.61 Å². The number of carbonyl (C=O) groups excluding carboxylic acids is 1. The summed E-state index contributed by atoms with van der Waals surface area (Å²) in [6.07, 6.45) is 0. The van der Waals surface area contributed by atoms with E-state index in [4.69, 9.17) is 0 Å². The molecule has 0 spiro atoms. The minimum Gasteiger partial charge on any atom is -0.434 e. The molecule has 0 fully saturated rings. The van der Waals surface area contributed by atoms with Crippen molar-refractivity contribution in [1.29, 1.82) is 0 Å². The Balaban J connectivity index is 2.35. The summed E-state index contributed by atoms with van der Waals surface area (Å²) in [5.74, 6) is -1.18. The first-order valence-corrected chi connectivity index (χ1v) is 5.42. The van der Waals surface area contributed by atoms with E-state index in [0.717, 1.165) is 12.1 Å². The monoisotopic (exact) mass is 266 g/mol. The van der Waals surface area contributed by atoms with Crippen LogP contribution in [0.4, 0.5) is 13.2 Å². The minimum absolute atomic E-state index is 0.00871. The Morgan fingerprint density at radius 3 is 2.26 bits per heavy atom. The third kappa shape index (κ3) is 3.13. The molecule has 19 heavy (non-hydrogen) atoms. The molecular formula is C14H9F3O2. The number of rotatable bonds is 4. The summed E-state index contributed by atoms with van der Waals surface area (Å²) in [7, 11) is 0. The average molecular weight is 266 g/mol. The van der Waals surface area contributed by atoms with Crippen LogP contribution in [0.2, 0.25) is 0 Å². The third-order valence-electron chi connectivity index (χ3n) is 2.45. The molecule has 2 aromatic carbocycles. The van der Waals surface area contributed by atoms with Crippen LogP contribution in [0.1, 0.15) is 15.9 Å². The van der Waals surface area contributed by atoms with Gasteiger partial charge in [0.25, 0.3) is 0 Å². The topological polar surface area (TPSA) is 26.3 Å². The number of carbonyl (C=O) groups is 1. The fourth-order valence-electron chi connectivity index (χ4n) is 1.61. The Labute approximate surface area is 107 Å². The second-order valence-electron chi connectivity index (χ2n) is 3.71. The third-order valence-corrected chi connectivity index (χ3v) is 2.45. The van der Waals surface area contributed by atoms with Gasteiger partial charge in [0.2, 0.25) is 0 Å². The molecule has 0 bridgehead atoms. The molecule has 5 heteroatoms. The first-order chi connectivity index (χ1) is 9.08. The molecule has 0 aliphatic rings. The van der Waals surface area contributed by atoms with Crippen LogP contribution in [-0.4, -0.2) is 12.4 Å². The molecule has 0 N–H and O–H groups in total. The van der Waals surface area contributed by atoms with E-state index in [1.54, 1.807) is 0 Å². The Bertz CT molecular complexity index is 579. The Morgan fingerprint density at radius 1 is 1.00 bits per heavy atom. The van der Waals surface area contributed by atoms with Crippen molar-refractivity contribution in [2.45, 2.75) is 6.61 Å². The quantitative estimate of drug-likeness (QED) is 0.789. The van der Waals surface area contributed by atoms with E-state index in [9.17, 15) is 18.0 Å². The lowest BCUT2D eigenvalue weighted by Crippen LogP contribution is -2.08. The lowest BCUT2D eigenvalue weighted by Gasteiger charge is -2.09. The molecule has 98 valence electrons. The van der Waals surface area contributed by atoms with E-state index in [2.05, 4.69) is 4.74 Å². The highest BCUT2D eigenvalue weighted by Gasteiger charge is 2.16. The number of alkyl halides is 2. The summed E-state index contributed by atoms with van der Waals surface area (Å²) in [5.41, 5.74) is 0.209. The second kappa shape index (κ2) is 5.56. The molecule has 0 saturated heterocycles. The highest BCUT2D eigenvalue weighted by molar-refractivity contribution is 6.10. The maximum Gasteiger partial charge on any atom is 0.387 e. The fraction of sp³-hybridized carbons (Fsp3) is 0.0714. The first-order valence-electron chi connectivity index (χ1n) is 5.42. The highest BCUT2D eigenvalue weighted by atomic mass is 19.3. The second-order valence-corrected chi connectivity index (χ2v) is 3.71. The van der Waals surface area contributed by atoms with Gasteiger partial charge in [0.05, 0.1) is 5.56 Å². The normalized spacial score (nSPS) is 10.5. The molecule has 0 amide bonds. The summed E-state index contributed by atoms with van der Waals surface area (Å²) in [6, 6.07) is 10.5. The number of ether oxygens (including phenoxy) is 1. The lowest BCUT2D eigenvalue weighted by atomic mass is 10.0. The van der Waals surface area contributed by atoms with Gasteiger partial charge in [0.1, 0.15) is 11.6 Å². The van der Waals surface area contributed by atoms with Gasteiger partial charge in [-0.3, -0.25) is 4.79 Å². The number of benzene rings is 2. The molecule has 2 aromatic rings. The van der Waals surface area contributed by atoms with Crippen LogP contribution in [0.15, 0.2) is 48.5 Å². The molecule has 2 rings (SSSR count). The van der Waals surface area contributed by atoms with Crippen LogP contribution >= 0.6 is 0 Å². The predicted molar refractivity (Wildman–Crippen MR) is 62.9 cm³/mol. The van der Waals surface area contributed by atoms with E-state index in [1.807, 2.05) is 0 Å². The predicted octanol–water partition coefficient (Wildman–Crippen LogP) is 3.66. The van der Waals surface area contributed by atoms with Gasteiger partial charge < -0.3 is 4.74 Å². The molecule has 2 nitrogen and oxygen atoms in total. The van der Waals surface area contributed by atoms with Crippen molar-refractivity contribution in [3.8, 4) is 5.75 Å². The van der Waals surface area contributed by atoms with Crippen LogP contribution in [-0.2, 0) is 0 Å². The number of para-hydroxylation sites is 1. The summed E-state index contributed by atoms with van der Waals surface area (Å²) < 4.78 is 41.5. The van der Waals surface area contributed by atoms with E-state index in [0.29, 0.717) is 0 Å². The van der Waals surface area contributed by atoms with E-state index in [-0.39, 0.29) is 16.9 Å². The lowest BCUT2D eigenvalue weighted by molar-refractivity contribution is -0.0501.